The molecule has 0 radical (unpaired) electrons. The number of methoxy groups -OCH3 is 2. The molecule has 2 rings (SSSR count). The van der Waals surface area contributed by atoms with Crippen LogP contribution in [-0.4, -0.2) is 50.0 Å². The number of rotatable bonds is 7. The minimum Gasteiger partial charge on any atom is -0.493 e. The summed E-state index contributed by atoms with van der Waals surface area (Å²) in [6.45, 7) is 0. The van der Waals surface area contributed by atoms with Gasteiger partial charge in [0.15, 0.2) is 11.5 Å². The average Bonchev–Trinajstić information content (AvgIpc) is 2.67. The molecule has 9 heteroatoms. The lowest BCUT2D eigenvalue weighted by Gasteiger charge is -2.12. The lowest BCUT2D eigenvalue weighted by molar-refractivity contribution is -0.385. The van der Waals surface area contributed by atoms with E-state index < -0.39 is 16.5 Å². The second-order valence-corrected chi connectivity index (χ2v) is 6.10. The first-order valence-electron chi connectivity index (χ1n) is 8.27. The molecule has 1 N–H and O–H groups in total. The van der Waals surface area contributed by atoms with Gasteiger partial charge in [-0.3, -0.25) is 19.7 Å². The number of likely N-dealkylation sites (N-methyl/N-ethyl adjacent to an activating group) is 1. The molecule has 0 aliphatic carbocycles. The molecule has 0 aliphatic rings. The molecule has 0 spiro atoms. The van der Waals surface area contributed by atoms with Gasteiger partial charge in [0, 0.05) is 25.8 Å². The number of nitrogens with zero attached hydrogens (tertiary/aromatic N) is 2. The number of hydrogen-bond acceptors (Lipinski definition) is 6. The van der Waals surface area contributed by atoms with E-state index in [0.717, 1.165) is 11.6 Å². The van der Waals surface area contributed by atoms with E-state index in [1.165, 1.54) is 25.2 Å². The van der Waals surface area contributed by atoms with Gasteiger partial charge in [-0.05, 0) is 17.7 Å². The first-order valence-corrected chi connectivity index (χ1v) is 8.27. The third-order valence-corrected chi connectivity index (χ3v) is 4.01. The van der Waals surface area contributed by atoms with Crippen molar-refractivity contribution >= 4 is 23.2 Å². The van der Waals surface area contributed by atoms with E-state index in [0.29, 0.717) is 5.69 Å². The summed E-state index contributed by atoms with van der Waals surface area (Å²) in [4.78, 5) is 36.5. The zero-order valence-electron chi connectivity index (χ0n) is 16.0. The van der Waals surface area contributed by atoms with E-state index in [1.807, 2.05) is 0 Å². The van der Waals surface area contributed by atoms with Crippen LogP contribution < -0.4 is 14.8 Å². The van der Waals surface area contributed by atoms with Crippen molar-refractivity contribution in [2.24, 2.45) is 0 Å². The molecule has 0 bridgehead atoms. The fourth-order valence-corrected chi connectivity index (χ4v) is 2.44. The summed E-state index contributed by atoms with van der Waals surface area (Å²) in [5, 5.41) is 14.0. The fourth-order valence-electron chi connectivity index (χ4n) is 2.44. The Bertz CT molecular complexity index is 893. The maximum atomic E-state index is 12.6. The lowest BCUT2D eigenvalue weighted by Crippen LogP contribution is -2.23. The minimum absolute atomic E-state index is 0.0438. The molecule has 0 unspecified atom stereocenters. The molecule has 28 heavy (non-hydrogen) atoms. The molecule has 0 aliphatic heterocycles. The highest BCUT2D eigenvalue weighted by Gasteiger charge is 2.24. The van der Waals surface area contributed by atoms with Crippen molar-refractivity contribution < 1.29 is 24.0 Å². The van der Waals surface area contributed by atoms with Gasteiger partial charge in [-0.1, -0.05) is 12.1 Å². The average molecular weight is 387 g/mol. The number of nitro groups is 1. The predicted molar refractivity (Wildman–Crippen MR) is 103 cm³/mol. The van der Waals surface area contributed by atoms with Crippen LogP contribution in [0.3, 0.4) is 0 Å². The Morgan fingerprint density at radius 2 is 1.64 bits per heavy atom. The Kier molecular flexibility index (Phi) is 6.54. The van der Waals surface area contributed by atoms with Crippen molar-refractivity contribution in [1.82, 2.24) is 4.90 Å². The van der Waals surface area contributed by atoms with E-state index in [9.17, 15) is 19.7 Å². The monoisotopic (exact) mass is 387 g/mol. The standard InChI is InChI=1S/C19H21N3O6/c1-21(2)18(23)9-12-5-7-13(8-6-12)20-19(24)14-10-16(27-3)17(28-4)11-15(14)22(25)26/h5-8,10-11H,9H2,1-4H3,(H,20,24). The second kappa shape index (κ2) is 8.85. The molecule has 2 aromatic rings. The number of anilines is 1. The van der Waals surface area contributed by atoms with Crippen LogP contribution in [0.25, 0.3) is 0 Å². The topological polar surface area (TPSA) is 111 Å². The molecule has 2 aromatic carbocycles. The van der Waals surface area contributed by atoms with Crippen molar-refractivity contribution in [1.29, 1.82) is 0 Å². The maximum Gasteiger partial charge on any atom is 0.286 e. The van der Waals surface area contributed by atoms with E-state index in [2.05, 4.69) is 5.32 Å². The zero-order chi connectivity index (χ0) is 20.8. The van der Waals surface area contributed by atoms with Gasteiger partial charge in [0.1, 0.15) is 5.56 Å². The third kappa shape index (κ3) is 4.76. The SMILES string of the molecule is COc1cc(C(=O)Nc2ccc(CC(=O)N(C)C)cc2)c([N+](=O)[O-])cc1OC. The summed E-state index contributed by atoms with van der Waals surface area (Å²) < 4.78 is 10.2. The van der Waals surface area contributed by atoms with Gasteiger partial charge in [-0.25, -0.2) is 0 Å². The number of carbonyl (C=O) groups is 2. The van der Waals surface area contributed by atoms with Gasteiger partial charge in [-0.15, -0.1) is 0 Å². The molecule has 0 atom stereocenters. The largest absolute Gasteiger partial charge is 0.493 e. The van der Waals surface area contributed by atoms with E-state index in [-0.39, 0.29) is 29.4 Å². The Morgan fingerprint density at radius 1 is 1.07 bits per heavy atom. The van der Waals surface area contributed by atoms with E-state index in [1.54, 1.807) is 38.4 Å². The van der Waals surface area contributed by atoms with E-state index >= 15 is 0 Å². The van der Waals surface area contributed by atoms with Gasteiger partial charge in [0.25, 0.3) is 11.6 Å². The smallest absolute Gasteiger partial charge is 0.286 e. The number of amides is 2. The Hall–Kier alpha value is -3.62. The number of nitrogens with one attached hydrogen (secondary N) is 1. The van der Waals surface area contributed by atoms with Crippen molar-refractivity contribution in [3.8, 4) is 11.5 Å². The van der Waals surface area contributed by atoms with Crippen LogP contribution >= 0.6 is 0 Å². The molecule has 0 fully saturated rings. The molecule has 0 aromatic heterocycles. The number of nitro benzene ring substituents is 1. The van der Waals surface area contributed by atoms with Crippen LogP contribution in [0, 0.1) is 10.1 Å². The molecule has 0 saturated carbocycles. The lowest BCUT2D eigenvalue weighted by atomic mass is 10.1. The highest BCUT2D eigenvalue weighted by Crippen LogP contribution is 2.34. The highest BCUT2D eigenvalue weighted by molar-refractivity contribution is 6.07. The normalized spacial score (nSPS) is 10.1. The summed E-state index contributed by atoms with van der Waals surface area (Å²) in [7, 11) is 6.07. The minimum atomic E-state index is -0.662. The van der Waals surface area contributed by atoms with Gasteiger partial charge in [0.2, 0.25) is 5.91 Å². The quantitative estimate of drug-likeness (QED) is 0.577. The number of hydrogen-bond donors (Lipinski definition) is 1. The first kappa shape index (κ1) is 20.7. The first-order chi connectivity index (χ1) is 13.3. The van der Waals surface area contributed by atoms with Gasteiger partial charge in [0.05, 0.1) is 31.6 Å². The van der Waals surface area contributed by atoms with Gasteiger partial charge < -0.3 is 19.7 Å². The zero-order valence-corrected chi connectivity index (χ0v) is 16.0. The Morgan fingerprint density at radius 3 is 2.14 bits per heavy atom. The second-order valence-electron chi connectivity index (χ2n) is 6.10. The van der Waals surface area contributed by atoms with Crippen molar-refractivity contribution in [2.75, 3.05) is 33.6 Å². The molecule has 0 saturated heterocycles. The summed E-state index contributed by atoms with van der Waals surface area (Å²) >= 11 is 0. The Labute approximate surface area is 162 Å². The van der Waals surface area contributed by atoms with Crippen molar-refractivity contribution in [3.05, 3.63) is 57.6 Å². The van der Waals surface area contributed by atoms with Crippen LogP contribution in [0.1, 0.15) is 15.9 Å². The van der Waals surface area contributed by atoms with Crippen LogP contribution in [0.2, 0.25) is 0 Å². The van der Waals surface area contributed by atoms with Crippen molar-refractivity contribution in [2.45, 2.75) is 6.42 Å². The van der Waals surface area contributed by atoms with Gasteiger partial charge >= 0.3 is 0 Å². The predicted octanol–water partition coefficient (Wildman–Crippen LogP) is 2.50. The molecule has 2 amide bonds. The third-order valence-electron chi connectivity index (χ3n) is 4.01. The van der Waals surface area contributed by atoms with Gasteiger partial charge in [-0.2, -0.15) is 0 Å². The van der Waals surface area contributed by atoms with Crippen LogP contribution in [0.15, 0.2) is 36.4 Å². The van der Waals surface area contributed by atoms with Crippen LogP contribution in [0.5, 0.6) is 11.5 Å². The van der Waals surface area contributed by atoms with Crippen molar-refractivity contribution in [3.63, 3.8) is 0 Å². The summed E-state index contributed by atoms with van der Waals surface area (Å²) in [5.74, 6) is -0.348. The van der Waals surface area contributed by atoms with Crippen LogP contribution in [0.4, 0.5) is 11.4 Å². The Balaban J connectivity index is 2.25. The molecular weight excluding hydrogens is 366 g/mol. The maximum absolute atomic E-state index is 12.6. The number of ether oxygens (including phenoxy) is 2. The van der Waals surface area contributed by atoms with E-state index in [4.69, 9.17) is 9.47 Å². The summed E-state index contributed by atoms with van der Waals surface area (Å²) in [6.07, 6.45) is 0.238. The molecule has 0 heterocycles. The van der Waals surface area contributed by atoms with Crippen LogP contribution in [-0.2, 0) is 11.2 Å². The fraction of sp³-hybridized carbons (Fsp3) is 0.263. The highest BCUT2D eigenvalue weighted by atomic mass is 16.6. The number of carbonyl (C=O) groups excluding carboxylic acids is 2. The number of benzene rings is 2. The summed E-state index contributed by atoms with van der Waals surface area (Å²) in [5.41, 5.74) is 0.668. The summed E-state index contributed by atoms with van der Waals surface area (Å²) in [6, 6.07) is 9.08. The molecular formula is C19H21N3O6. The molecule has 148 valence electrons. The molecule has 9 nitrogen and oxygen atoms in total.